The molecule has 1 rings (SSSR count). The zero-order valence-corrected chi connectivity index (χ0v) is 9.10. The van der Waals surface area contributed by atoms with Crippen LogP contribution >= 0.6 is 12.6 Å². The Labute approximate surface area is 89.6 Å². The highest BCUT2D eigenvalue weighted by Gasteiger charge is 2.01. The van der Waals surface area contributed by atoms with Crippen LogP contribution in [0.3, 0.4) is 0 Å². The highest BCUT2D eigenvalue weighted by atomic mass is 32.1. The fraction of sp³-hybridized carbons (Fsp3) is 0.273. The summed E-state index contributed by atoms with van der Waals surface area (Å²) in [6.45, 7) is 0. The molecule has 0 unspecified atom stereocenters. The minimum atomic E-state index is 0.528. The van der Waals surface area contributed by atoms with E-state index in [0.29, 0.717) is 5.75 Å². The van der Waals surface area contributed by atoms with Gasteiger partial charge in [-0.1, -0.05) is 11.8 Å². The van der Waals surface area contributed by atoms with Crippen LogP contribution in [0.4, 0.5) is 0 Å². The number of hydrogen-bond acceptors (Lipinski definition) is 3. The Balaban J connectivity index is 3.08. The van der Waals surface area contributed by atoms with E-state index in [0.717, 1.165) is 17.1 Å². The largest absolute Gasteiger partial charge is 0.497 e. The molecule has 0 amide bonds. The molecule has 14 heavy (non-hydrogen) atoms. The molecular formula is C11H12O2S. The Morgan fingerprint density at radius 3 is 2.64 bits per heavy atom. The highest BCUT2D eigenvalue weighted by Crippen LogP contribution is 2.22. The van der Waals surface area contributed by atoms with Crippen LogP contribution in [0, 0.1) is 11.8 Å². The Hall–Kier alpha value is -1.27. The number of thiol groups is 1. The van der Waals surface area contributed by atoms with Crippen molar-refractivity contribution >= 4 is 12.6 Å². The molecule has 0 aliphatic rings. The molecule has 0 fully saturated rings. The first kappa shape index (κ1) is 10.8. The molecule has 0 spiro atoms. The van der Waals surface area contributed by atoms with Crippen molar-refractivity contribution in [2.45, 2.75) is 0 Å². The van der Waals surface area contributed by atoms with E-state index < -0.39 is 0 Å². The molecule has 0 aromatic heterocycles. The first-order valence-electron chi connectivity index (χ1n) is 4.13. The molecule has 3 heteroatoms. The summed E-state index contributed by atoms with van der Waals surface area (Å²) in [5.74, 6) is 7.88. The normalized spacial score (nSPS) is 8.79. The Bertz CT molecular complexity index is 363. The van der Waals surface area contributed by atoms with E-state index in [1.807, 2.05) is 18.2 Å². The van der Waals surface area contributed by atoms with Crippen LogP contribution in [0.5, 0.6) is 11.5 Å². The van der Waals surface area contributed by atoms with E-state index in [2.05, 4.69) is 24.5 Å². The molecule has 0 saturated carbocycles. The highest BCUT2D eigenvalue weighted by molar-refractivity contribution is 7.80. The van der Waals surface area contributed by atoms with Gasteiger partial charge in [0.1, 0.15) is 11.5 Å². The van der Waals surface area contributed by atoms with Crippen LogP contribution in [0.15, 0.2) is 18.2 Å². The number of benzene rings is 1. The first-order valence-corrected chi connectivity index (χ1v) is 4.77. The smallest absolute Gasteiger partial charge is 0.134 e. The third-order valence-electron chi connectivity index (χ3n) is 1.71. The van der Waals surface area contributed by atoms with E-state index in [-0.39, 0.29) is 0 Å². The fourth-order valence-corrected chi connectivity index (χ4v) is 1.13. The van der Waals surface area contributed by atoms with Crippen LogP contribution in [-0.2, 0) is 0 Å². The fourth-order valence-electron chi connectivity index (χ4n) is 1.05. The summed E-state index contributed by atoms with van der Waals surface area (Å²) in [7, 11) is 3.24. The lowest BCUT2D eigenvalue weighted by Crippen LogP contribution is -1.90. The Morgan fingerprint density at radius 2 is 2.07 bits per heavy atom. The van der Waals surface area contributed by atoms with Crippen LogP contribution in [-0.4, -0.2) is 20.0 Å². The summed E-state index contributed by atoms with van der Waals surface area (Å²) >= 11 is 4.02. The van der Waals surface area contributed by atoms with E-state index in [1.165, 1.54) is 0 Å². The van der Waals surface area contributed by atoms with E-state index in [1.54, 1.807) is 14.2 Å². The second kappa shape index (κ2) is 5.46. The third kappa shape index (κ3) is 2.61. The maximum atomic E-state index is 5.16. The first-order chi connectivity index (χ1) is 6.81. The van der Waals surface area contributed by atoms with Gasteiger partial charge in [0, 0.05) is 0 Å². The lowest BCUT2D eigenvalue weighted by molar-refractivity contribution is 0.402. The molecule has 0 radical (unpaired) electrons. The van der Waals surface area contributed by atoms with Gasteiger partial charge in [-0.3, -0.25) is 0 Å². The Morgan fingerprint density at radius 1 is 1.29 bits per heavy atom. The van der Waals surface area contributed by atoms with Gasteiger partial charge in [0.05, 0.1) is 25.5 Å². The van der Waals surface area contributed by atoms with Gasteiger partial charge < -0.3 is 9.47 Å². The van der Waals surface area contributed by atoms with Crippen molar-refractivity contribution in [3.05, 3.63) is 23.8 Å². The summed E-state index contributed by atoms with van der Waals surface area (Å²) in [6.07, 6.45) is 0. The van der Waals surface area contributed by atoms with E-state index in [9.17, 15) is 0 Å². The average Bonchev–Trinajstić information content (AvgIpc) is 2.25. The molecule has 0 aliphatic carbocycles. The maximum Gasteiger partial charge on any atom is 0.134 e. The molecule has 2 nitrogen and oxygen atoms in total. The van der Waals surface area contributed by atoms with Crippen molar-refractivity contribution < 1.29 is 9.47 Å². The third-order valence-corrected chi connectivity index (χ3v) is 1.87. The van der Waals surface area contributed by atoms with Crippen LogP contribution in [0.1, 0.15) is 5.56 Å². The average molecular weight is 208 g/mol. The molecule has 1 aromatic rings. The van der Waals surface area contributed by atoms with Gasteiger partial charge in [0.15, 0.2) is 0 Å². The molecule has 0 bridgehead atoms. The monoisotopic (exact) mass is 208 g/mol. The minimum Gasteiger partial charge on any atom is -0.497 e. The lowest BCUT2D eigenvalue weighted by atomic mass is 10.2. The van der Waals surface area contributed by atoms with Gasteiger partial charge in [-0.2, -0.15) is 12.6 Å². The van der Waals surface area contributed by atoms with Crippen LogP contribution in [0.25, 0.3) is 0 Å². The van der Waals surface area contributed by atoms with Crippen molar-refractivity contribution in [1.29, 1.82) is 0 Å². The topological polar surface area (TPSA) is 18.5 Å². The second-order valence-corrected chi connectivity index (χ2v) is 2.84. The van der Waals surface area contributed by atoms with Gasteiger partial charge in [-0.15, -0.1) is 0 Å². The van der Waals surface area contributed by atoms with Gasteiger partial charge in [0.2, 0.25) is 0 Å². The SMILES string of the molecule is COc1ccc(OC)c(C#CCS)c1. The van der Waals surface area contributed by atoms with Gasteiger partial charge in [0.25, 0.3) is 0 Å². The van der Waals surface area contributed by atoms with Crippen molar-refractivity contribution in [2.75, 3.05) is 20.0 Å². The number of rotatable bonds is 2. The predicted molar refractivity (Wildman–Crippen MR) is 60.3 cm³/mol. The quantitative estimate of drug-likeness (QED) is 0.592. The molecule has 1 aromatic carbocycles. The number of methoxy groups -OCH3 is 2. The second-order valence-electron chi connectivity index (χ2n) is 2.53. The zero-order chi connectivity index (χ0) is 10.4. The van der Waals surface area contributed by atoms with Crippen LogP contribution in [0.2, 0.25) is 0 Å². The number of hydrogen-bond donors (Lipinski definition) is 1. The summed E-state index contributed by atoms with van der Waals surface area (Å²) in [6, 6.07) is 5.52. The van der Waals surface area contributed by atoms with Crippen LogP contribution < -0.4 is 9.47 Å². The molecule has 0 heterocycles. The predicted octanol–water partition coefficient (Wildman–Crippen LogP) is 1.99. The molecule has 0 N–H and O–H groups in total. The molecule has 0 atom stereocenters. The van der Waals surface area contributed by atoms with Crippen molar-refractivity contribution in [1.82, 2.24) is 0 Å². The summed E-state index contributed by atoms with van der Waals surface area (Å²) in [5.41, 5.74) is 0.820. The summed E-state index contributed by atoms with van der Waals surface area (Å²) in [5, 5.41) is 0. The molecule has 0 saturated heterocycles. The standard InChI is InChI=1S/C11H12O2S/c1-12-10-5-6-11(13-2)9(8-10)4-3-7-14/h5-6,8,14H,7H2,1-2H3. The molecule has 74 valence electrons. The summed E-state index contributed by atoms with van der Waals surface area (Å²) in [4.78, 5) is 0. The molecule has 0 aliphatic heterocycles. The van der Waals surface area contributed by atoms with Crippen molar-refractivity contribution in [3.63, 3.8) is 0 Å². The Kier molecular flexibility index (Phi) is 4.21. The van der Waals surface area contributed by atoms with Gasteiger partial charge in [-0.25, -0.2) is 0 Å². The summed E-state index contributed by atoms with van der Waals surface area (Å²) < 4.78 is 10.3. The van der Waals surface area contributed by atoms with Gasteiger partial charge >= 0.3 is 0 Å². The minimum absolute atomic E-state index is 0.528. The maximum absolute atomic E-state index is 5.16. The van der Waals surface area contributed by atoms with E-state index in [4.69, 9.17) is 9.47 Å². The zero-order valence-electron chi connectivity index (χ0n) is 8.20. The van der Waals surface area contributed by atoms with Gasteiger partial charge in [-0.05, 0) is 18.2 Å². The van der Waals surface area contributed by atoms with Crippen molar-refractivity contribution in [2.24, 2.45) is 0 Å². The lowest BCUT2D eigenvalue weighted by Gasteiger charge is -2.05. The van der Waals surface area contributed by atoms with Crippen molar-refractivity contribution in [3.8, 4) is 23.3 Å². The molecular weight excluding hydrogens is 196 g/mol. The van der Waals surface area contributed by atoms with E-state index >= 15 is 0 Å². The number of ether oxygens (including phenoxy) is 2.